The second-order valence-corrected chi connectivity index (χ2v) is 9.35. The molecule has 2 unspecified atom stereocenters. The van der Waals surface area contributed by atoms with Crippen LogP contribution < -0.4 is 20.9 Å². The van der Waals surface area contributed by atoms with E-state index in [0.29, 0.717) is 15.7 Å². The van der Waals surface area contributed by atoms with Crippen molar-refractivity contribution < 1.29 is 14.3 Å². The Morgan fingerprint density at radius 1 is 1.26 bits per heavy atom. The van der Waals surface area contributed by atoms with Crippen LogP contribution in [0.4, 0.5) is 16.5 Å². The average molecular weight is 460 g/mol. The third-order valence-corrected chi connectivity index (χ3v) is 7.28. The molecule has 0 aliphatic carbocycles. The van der Waals surface area contributed by atoms with Gasteiger partial charge in [0.1, 0.15) is 5.69 Å². The smallest absolute Gasteiger partial charge is 0.344 e. The Balaban J connectivity index is 1.40. The van der Waals surface area contributed by atoms with Crippen LogP contribution in [0.5, 0.6) is 0 Å². The number of para-hydroxylation sites is 2. The number of hydrogen-bond donors (Lipinski definition) is 3. The first-order valence-corrected chi connectivity index (χ1v) is 11.9. The van der Waals surface area contributed by atoms with Crippen LogP contribution in [-0.4, -0.2) is 55.5 Å². The minimum Gasteiger partial charge on any atom is -0.465 e. The SMILES string of the molecule is COC(=O)C1=CC(C)C(Nc2nc(C(=O)Nc3ccccc3N3CCNCC3)cs2)S1. The fraction of sp³-hybridized carbons (Fsp3) is 0.381. The largest absolute Gasteiger partial charge is 0.465 e. The molecule has 1 aromatic carbocycles. The highest BCUT2D eigenvalue weighted by atomic mass is 32.2. The predicted octanol–water partition coefficient (Wildman–Crippen LogP) is 2.98. The van der Waals surface area contributed by atoms with Crippen LogP contribution >= 0.6 is 23.1 Å². The molecule has 8 nitrogen and oxygen atoms in total. The number of rotatable bonds is 6. The van der Waals surface area contributed by atoms with E-state index in [1.807, 2.05) is 37.3 Å². The lowest BCUT2D eigenvalue weighted by molar-refractivity contribution is -0.135. The fourth-order valence-corrected chi connectivity index (χ4v) is 5.51. The molecule has 0 radical (unpaired) electrons. The molecule has 0 spiro atoms. The highest BCUT2D eigenvalue weighted by Gasteiger charge is 2.30. The van der Waals surface area contributed by atoms with Crippen LogP contribution in [0.2, 0.25) is 0 Å². The normalized spacial score (nSPS) is 20.8. The number of benzene rings is 1. The van der Waals surface area contributed by atoms with Gasteiger partial charge in [-0.25, -0.2) is 9.78 Å². The Kier molecular flexibility index (Phi) is 6.79. The van der Waals surface area contributed by atoms with Gasteiger partial charge in [-0.15, -0.1) is 11.3 Å². The summed E-state index contributed by atoms with van der Waals surface area (Å²) in [5.41, 5.74) is 2.16. The van der Waals surface area contributed by atoms with E-state index in [1.165, 1.54) is 30.2 Å². The first kappa shape index (κ1) is 21.7. The lowest BCUT2D eigenvalue weighted by Crippen LogP contribution is -2.43. The van der Waals surface area contributed by atoms with Crippen LogP contribution in [0.25, 0.3) is 0 Å². The maximum absolute atomic E-state index is 12.8. The number of thiazole rings is 1. The second kappa shape index (κ2) is 9.71. The van der Waals surface area contributed by atoms with Crippen molar-refractivity contribution in [3.05, 3.63) is 46.3 Å². The number of ether oxygens (including phenoxy) is 1. The van der Waals surface area contributed by atoms with Crippen molar-refractivity contribution in [3.8, 4) is 0 Å². The number of nitrogens with zero attached hydrogens (tertiary/aromatic N) is 2. The van der Waals surface area contributed by atoms with E-state index in [0.717, 1.165) is 37.6 Å². The second-order valence-electron chi connectivity index (χ2n) is 7.31. The summed E-state index contributed by atoms with van der Waals surface area (Å²) in [6, 6.07) is 7.84. The van der Waals surface area contributed by atoms with Gasteiger partial charge in [-0.2, -0.15) is 0 Å². The van der Waals surface area contributed by atoms with Gasteiger partial charge in [0.15, 0.2) is 5.13 Å². The van der Waals surface area contributed by atoms with Crippen molar-refractivity contribution in [2.24, 2.45) is 5.92 Å². The first-order chi connectivity index (χ1) is 15.0. The first-order valence-electron chi connectivity index (χ1n) is 10.1. The number of carbonyl (C=O) groups is 2. The van der Waals surface area contributed by atoms with Crippen molar-refractivity contribution in [1.29, 1.82) is 0 Å². The van der Waals surface area contributed by atoms with Gasteiger partial charge >= 0.3 is 5.97 Å². The van der Waals surface area contributed by atoms with E-state index in [4.69, 9.17) is 4.74 Å². The number of thioether (sulfide) groups is 1. The molecule has 10 heteroatoms. The van der Waals surface area contributed by atoms with Crippen LogP contribution in [0, 0.1) is 5.92 Å². The minimum atomic E-state index is -0.330. The quantitative estimate of drug-likeness (QED) is 0.568. The van der Waals surface area contributed by atoms with E-state index in [2.05, 4.69) is 25.8 Å². The summed E-state index contributed by atoms with van der Waals surface area (Å²) in [6.07, 6.45) is 1.89. The number of hydrogen-bond acceptors (Lipinski definition) is 9. The lowest BCUT2D eigenvalue weighted by Gasteiger charge is -2.31. The average Bonchev–Trinajstić information content (AvgIpc) is 3.41. The maximum atomic E-state index is 12.8. The summed E-state index contributed by atoms with van der Waals surface area (Å²) in [5, 5.41) is 12.0. The van der Waals surface area contributed by atoms with E-state index in [-0.39, 0.29) is 23.2 Å². The molecule has 164 valence electrons. The Hall–Kier alpha value is -2.56. The molecule has 2 aliphatic heterocycles. The third kappa shape index (κ3) is 5.03. The van der Waals surface area contributed by atoms with Crippen molar-refractivity contribution in [2.75, 3.05) is 48.8 Å². The summed E-state index contributed by atoms with van der Waals surface area (Å²) in [6.45, 7) is 5.67. The molecule has 2 atom stereocenters. The highest BCUT2D eigenvalue weighted by molar-refractivity contribution is 8.04. The molecule has 2 aliphatic rings. The maximum Gasteiger partial charge on any atom is 0.344 e. The minimum absolute atomic E-state index is 0.0374. The molecule has 2 aromatic rings. The van der Waals surface area contributed by atoms with Crippen molar-refractivity contribution in [2.45, 2.75) is 12.3 Å². The zero-order chi connectivity index (χ0) is 21.8. The van der Waals surface area contributed by atoms with E-state index >= 15 is 0 Å². The van der Waals surface area contributed by atoms with Gasteiger partial charge in [0.05, 0.1) is 28.8 Å². The molecular formula is C21H25N5O3S2. The van der Waals surface area contributed by atoms with Crippen molar-refractivity contribution in [1.82, 2.24) is 10.3 Å². The number of esters is 1. The van der Waals surface area contributed by atoms with Crippen LogP contribution in [0.3, 0.4) is 0 Å². The Bertz CT molecular complexity index is 987. The van der Waals surface area contributed by atoms with Crippen molar-refractivity contribution >= 4 is 51.5 Å². The van der Waals surface area contributed by atoms with Gasteiger partial charge in [0.2, 0.25) is 0 Å². The summed E-state index contributed by atoms with van der Waals surface area (Å²) in [7, 11) is 1.38. The lowest BCUT2D eigenvalue weighted by atomic mass is 10.1. The van der Waals surface area contributed by atoms with E-state index in [9.17, 15) is 9.59 Å². The topological polar surface area (TPSA) is 95.6 Å². The zero-order valence-electron chi connectivity index (χ0n) is 17.4. The Morgan fingerprint density at radius 3 is 2.81 bits per heavy atom. The van der Waals surface area contributed by atoms with Gasteiger partial charge < -0.3 is 25.6 Å². The molecule has 4 rings (SSSR count). The molecule has 1 fully saturated rings. The molecule has 1 aromatic heterocycles. The molecule has 0 bridgehead atoms. The summed E-state index contributed by atoms with van der Waals surface area (Å²) in [5.74, 6) is -0.443. The van der Waals surface area contributed by atoms with Gasteiger partial charge in [-0.05, 0) is 12.1 Å². The molecular weight excluding hydrogens is 434 g/mol. The van der Waals surface area contributed by atoms with Crippen LogP contribution in [0.1, 0.15) is 17.4 Å². The summed E-state index contributed by atoms with van der Waals surface area (Å²) < 4.78 is 4.80. The van der Waals surface area contributed by atoms with E-state index < -0.39 is 0 Å². The van der Waals surface area contributed by atoms with Gasteiger partial charge in [-0.3, -0.25) is 4.79 Å². The standard InChI is InChI=1S/C21H25N5O3S2/c1-13-11-17(20(28)29-2)31-19(13)25-21-24-15(12-30-21)18(27)23-14-5-3-4-6-16(14)26-9-7-22-8-10-26/h3-6,11-13,19,22H,7-10H2,1-2H3,(H,23,27)(H,24,25). The number of anilines is 3. The Morgan fingerprint density at radius 2 is 2.03 bits per heavy atom. The fourth-order valence-electron chi connectivity index (χ4n) is 3.50. The molecule has 0 saturated carbocycles. The molecule has 3 heterocycles. The molecule has 1 amide bonds. The molecule has 1 saturated heterocycles. The number of piperazine rings is 1. The number of amides is 1. The zero-order valence-corrected chi connectivity index (χ0v) is 19.0. The highest BCUT2D eigenvalue weighted by Crippen LogP contribution is 2.38. The summed E-state index contributed by atoms with van der Waals surface area (Å²) in [4.78, 5) is 31.9. The number of methoxy groups -OCH3 is 1. The number of nitrogens with one attached hydrogen (secondary N) is 3. The number of carbonyl (C=O) groups excluding carboxylic acids is 2. The van der Waals surface area contributed by atoms with Crippen LogP contribution in [-0.2, 0) is 9.53 Å². The monoisotopic (exact) mass is 459 g/mol. The van der Waals surface area contributed by atoms with E-state index in [1.54, 1.807) is 5.38 Å². The molecule has 3 N–H and O–H groups in total. The Labute approximate surface area is 189 Å². The van der Waals surface area contributed by atoms with Crippen LogP contribution in [0.15, 0.2) is 40.6 Å². The van der Waals surface area contributed by atoms with Gasteiger partial charge in [0.25, 0.3) is 5.91 Å². The molecule has 31 heavy (non-hydrogen) atoms. The third-order valence-electron chi connectivity index (χ3n) is 5.14. The van der Waals surface area contributed by atoms with Crippen molar-refractivity contribution in [3.63, 3.8) is 0 Å². The summed E-state index contributed by atoms with van der Waals surface area (Å²) >= 11 is 2.79. The predicted molar refractivity (Wildman–Crippen MR) is 126 cm³/mol. The van der Waals surface area contributed by atoms with Gasteiger partial charge in [0, 0.05) is 37.5 Å². The van der Waals surface area contributed by atoms with Gasteiger partial charge in [-0.1, -0.05) is 36.9 Å². The number of aromatic nitrogens is 1.